The Labute approximate surface area is 149 Å². The van der Waals surface area contributed by atoms with Crippen molar-refractivity contribution in [3.8, 4) is 5.75 Å². The van der Waals surface area contributed by atoms with E-state index in [1.54, 1.807) is 7.11 Å². The average molecular weight is 348 g/mol. The summed E-state index contributed by atoms with van der Waals surface area (Å²) in [6.07, 6.45) is 0.161. The van der Waals surface area contributed by atoms with Gasteiger partial charge in [-0.1, -0.05) is 18.2 Å². The molecule has 7 nitrogen and oxygen atoms in total. The van der Waals surface area contributed by atoms with E-state index in [9.17, 15) is 9.59 Å². The van der Waals surface area contributed by atoms with Gasteiger partial charge in [-0.3, -0.25) is 14.5 Å². The number of piperazine rings is 1. The van der Waals surface area contributed by atoms with E-state index in [0.717, 1.165) is 17.9 Å². The molecule has 1 saturated heterocycles. The van der Waals surface area contributed by atoms with E-state index >= 15 is 0 Å². The van der Waals surface area contributed by atoms with Gasteiger partial charge in [-0.15, -0.1) is 0 Å². The number of methoxy groups -OCH3 is 1. The largest absolute Gasteiger partial charge is 0.496 e. The van der Waals surface area contributed by atoms with Crippen LogP contribution < -0.4 is 15.4 Å². The lowest BCUT2D eigenvalue weighted by Gasteiger charge is -2.35. The first kappa shape index (κ1) is 19.2. The number of hydrogen-bond donors (Lipinski definition) is 2. The van der Waals surface area contributed by atoms with Crippen LogP contribution in [0.15, 0.2) is 24.3 Å². The third-order valence-electron chi connectivity index (χ3n) is 4.27. The Balaban J connectivity index is 2.00. The molecule has 1 aliphatic heterocycles. The van der Waals surface area contributed by atoms with Crippen LogP contribution in [-0.2, 0) is 16.1 Å². The number of nitrogens with zero attached hydrogens (tertiary/aromatic N) is 2. The van der Waals surface area contributed by atoms with E-state index in [4.69, 9.17) is 4.74 Å². The van der Waals surface area contributed by atoms with E-state index in [1.165, 1.54) is 0 Å². The first-order valence-electron chi connectivity index (χ1n) is 8.56. The smallest absolute Gasteiger partial charge is 0.237 e. The summed E-state index contributed by atoms with van der Waals surface area (Å²) in [6.45, 7) is 3.22. The van der Waals surface area contributed by atoms with Crippen molar-refractivity contribution in [3.63, 3.8) is 0 Å². The van der Waals surface area contributed by atoms with Crippen LogP contribution in [0.2, 0.25) is 0 Å². The molecular formula is C18H28N4O3. The molecule has 0 bridgehead atoms. The summed E-state index contributed by atoms with van der Waals surface area (Å²) in [7, 11) is 5.54. The molecule has 2 N–H and O–H groups in total. The number of para-hydroxylation sites is 1. The minimum Gasteiger partial charge on any atom is -0.496 e. The third kappa shape index (κ3) is 5.72. The molecule has 1 aromatic carbocycles. The van der Waals surface area contributed by atoms with Gasteiger partial charge in [0.25, 0.3) is 0 Å². The standard InChI is InChI=1S/C18H28N4O3/c1-21(2)10-8-19-17(23)12-15-18(24)20-9-11-22(15)13-14-6-4-5-7-16(14)25-3/h4-7,15H,8-13H2,1-3H3,(H,19,23)(H,20,24)/t15-/m1/s1. The molecule has 1 fully saturated rings. The highest BCUT2D eigenvalue weighted by Gasteiger charge is 2.31. The fourth-order valence-electron chi connectivity index (χ4n) is 2.89. The lowest BCUT2D eigenvalue weighted by atomic mass is 10.1. The van der Waals surface area contributed by atoms with Crippen LogP contribution in [0.25, 0.3) is 0 Å². The van der Waals surface area contributed by atoms with Gasteiger partial charge in [0.15, 0.2) is 0 Å². The predicted molar refractivity (Wildman–Crippen MR) is 96.4 cm³/mol. The van der Waals surface area contributed by atoms with E-state index < -0.39 is 6.04 Å². The zero-order valence-electron chi connectivity index (χ0n) is 15.2. The van der Waals surface area contributed by atoms with E-state index in [-0.39, 0.29) is 18.2 Å². The van der Waals surface area contributed by atoms with Gasteiger partial charge < -0.3 is 20.3 Å². The maximum atomic E-state index is 12.3. The van der Waals surface area contributed by atoms with Crippen molar-refractivity contribution in [1.82, 2.24) is 20.4 Å². The summed E-state index contributed by atoms with van der Waals surface area (Å²) >= 11 is 0. The second-order valence-electron chi connectivity index (χ2n) is 6.45. The highest BCUT2D eigenvalue weighted by molar-refractivity contribution is 5.88. The molecule has 1 atom stereocenters. The van der Waals surface area contributed by atoms with Gasteiger partial charge in [-0.25, -0.2) is 0 Å². The number of nitrogens with one attached hydrogen (secondary N) is 2. The normalized spacial score (nSPS) is 18.1. The lowest BCUT2D eigenvalue weighted by Crippen LogP contribution is -2.56. The third-order valence-corrected chi connectivity index (χ3v) is 4.27. The molecular weight excluding hydrogens is 320 g/mol. The second-order valence-corrected chi connectivity index (χ2v) is 6.45. The van der Waals surface area contributed by atoms with Crippen molar-refractivity contribution in [2.24, 2.45) is 0 Å². The topological polar surface area (TPSA) is 73.9 Å². The number of rotatable bonds is 8. The van der Waals surface area contributed by atoms with Crippen molar-refractivity contribution in [2.75, 3.05) is 47.4 Å². The molecule has 25 heavy (non-hydrogen) atoms. The molecule has 2 amide bonds. The van der Waals surface area contributed by atoms with E-state index in [0.29, 0.717) is 26.2 Å². The zero-order chi connectivity index (χ0) is 18.2. The Hall–Kier alpha value is -2.12. The molecule has 0 unspecified atom stereocenters. The first-order chi connectivity index (χ1) is 12.0. The fraction of sp³-hybridized carbons (Fsp3) is 0.556. The van der Waals surface area contributed by atoms with E-state index in [1.807, 2.05) is 48.2 Å². The lowest BCUT2D eigenvalue weighted by molar-refractivity contribution is -0.134. The summed E-state index contributed by atoms with van der Waals surface area (Å²) in [5, 5.41) is 5.73. The van der Waals surface area contributed by atoms with Crippen LogP contribution in [0.4, 0.5) is 0 Å². The maximum Gasteiger partial charge on any atom is 0.237 e. The van der Waals surface area contributed by atoms with Gasteiger partial charge in [0.05, 0.1) is 19.6 Å². The van der Waals surface area contributed by atoms with Gasteiger partial charge in [0.2, 0.25) is 11.8 Å². The molecule has 0 saturated carbocycles. The van der Waals surface area contributed by atoms with Gasteiger partial charge in [-0.2, -0.15) is 0 Å². The average Bonchev–Trinajstić information content (AvgIpc) is 2.58. The Bertz CT molecular complexity index is 591. The van der Waals surface area contributed by atoms with Crippen molar-refractivity contribution in [3.05, 3.63) is 29.8 Å². The zero-order valence-corrected chi connectivity index (χ0v) is 15.2. The summed E-state index contributed by atoms with van der Waals surface area (Å²) in [5.74, 6) is 0.598. The van der Waals surface area contributed by atoms with Crippen LogP contribution in [0, 0.1) is 0 Å². The number of benzene rings is 1. The van der Waals surface area contributed by atoms with Crippen molar-refractivity contribution < 1.29 is 14.3 Å². The van der Waals surface area contributed by atoms with Crippen molar-refractivity contribution in [2.45, 2.75) is 19.0 Å². The van der Waals surface area contributed by atoms with Crippen LogP contribution in [0.5, 0.6) is 5.75 Å². The molecule has 0 aromatic heterocycles. The molecule has 0 aliphatic carbocycles. The number of ether oxygens (including phenoxy) is 1. The highest BCUT2D eigenvalue weighted by Crippen LogP contribution is 2.21. The molecule has 1 aromatic rings. The molecule has 0 spiro atoms. The Morgan fingerprint density at radius 2 is 2.16 bits per heavy atom. The molecule has 1 aliphatic rings. The van der Waals surface area contributed by atoms with Gasteiger partial charge in [0.1, 0.15) is 5.75 Å². The van der Waals surface area contributed by atoms with Crippen LogP contribution in [0.3, 0.4) is 0 Å². The highest BCUT2D eigenvalue weighted by atomic mass is 16.5. The van der Waals surface area contributed by atoms with E-state index in [2.05, 4.69) is 10.6 Å². The van der Waals surface area contributed by atoms with Crippen molar-refractivity contribution in [1.29, 1.82) is 0 Å². The Morgan fingerprint density at radius 1 is 1.40 bits per heavy atom. The van der Waals surface area contributed by atoms with Crippen molar-refractivity contribution >= 4 is 11.8 Å². The summed E-state index contributed by atoms with van der Waals surface area (Å²) in [4.78, 5) is 28.5. The minimum atomic E-state index is -0.460. The molecule has 138 valence electrons. The minimum absolute atomic E-state index is 0.0936. The monoisotopic (exact) mass is 348 g/mol. The van der Waals surface area contributed by atoms with Gasteiger partial charge in [-0.05, 0) is 20.2 Å². The molecule has 1 heterocycles. The van der Waals surface area contributed by atoms with Gasteiger partial charge in [0, 0.05) is 38.3 Å². The number of hydrogen-bond acceptors (Lipinski definition) is 5. The fourth-order valence-corrected chi connectivity index (χ4v) is 2.89. The molecule has 2 rings (SSSR count). The summed E-state index contributed by atoms with van der Waals surface area (Å²) < 4.78 is 5.39. The Kier molecular flexibility index (Phi) is 7.21. The van der Waals surface area contributed by atoms with Crippen LogP contribution in [0.1, 0.15) is 12.0 Å². The van der Waals surface area contributed by atoms with Crippen LogP contribution in [-0.4, -0.2) is 75.0 Å². The van der Waals surface area contributed by atoms with Gasteiger partial charge >= 0.3 is 0 Å². The molecule has 0 radical (unpaired) electrons. The first-order valence-corrected chi connectivity index (χ1v) is 8.56. The predicted octanol–water partition coefficient (Wildman–Crippen LogP) is 0.0635. The Morgan fingerprint density at radius 3 is 2.88 bits per heavy atom. The second kappa shape index (κ2) is 9.39. The summed E-state index contributed by atoms with van der Waals surface area (Å²) in [6, 6.07) is 7.30. The summed E-state index contributed by atoms with van der Waals surface area (Å²) in [5.41, 5.74) is 1.01. The van der Waals surface area contributed by atoms with Crippen LogP contribution >= 0.6 is 0 Å². The number of likely N-dealkylation sites (N-methyl/N-ethyl adjacent to an activating group) is 1. The number of carbonyl (C=O) groups is 2. The maximum absolute atomic E-state index is 12.3. The quantitative estimate of drug-likeness (QED) is 0.695. The number of carbonyl (C=O) groups excluding carboxylic acids is 2. The molecule has 7 heteroatoms. The number of amides is 2. The SMILES string of the molecule is COc1ccccc1CN1CCNC(=O)[C@H]1CC(=O)NCCN(C)C.